The van der Waals surface area contributed by atoms with Crippen LogP contribution in [-0.2, 0) is 20.8 Å². The molecule has 1 saturated carbocycles. The third kappa shape index (κ3) is 8.13. The molecule has 0 radical (unpaired) electrons. The van der Waals surface area contributed by atoms with E-state index in [-0.39, 0.29) is 23.8 Å². The lowest BCUT2D eigenvalue weighted by Gasteiger charge is -2.32. The van der Waals surface area contributed by atoms with Gasteiger partial charge in [0.1, 0.15) is 6.04 Å². The van der Waals surface area contributed by atoms with Gasteiger partial charge in [-0.15, -0.1) is 11.3 Å². The first-order chi connectivity index (χ1) is 19.2. The van der Waals surface area contributed by atoms with E-state index in [1.807, 2.05) is 19.2 Å². The average molecular weight is 568 g/mol. The van der Waals surface area contributed by atoms with Crippen LogP contribution < -0.4 is 16.0 Å². The number of fused-ring (bicyclic) bond motifs is 1. The van der Waals surface area contributed by atoms with Crippen molar-refractivity contribution < 1.29 is 14.4 Å². The van der Waals surface area contributed by atoms with Crippen LogP contribution >= 0.6 is 11.3 Å². The summed E-state index contributed by atoms with van der Waals surface area (Å²) in [5.41, 5.74) is 2.95. The predicted octanol–water partition coefficient (Wildman–Crippen LogP) is 4.30. The molecule has 1 aromatic carbocycles. The van der Waals surface area contributed by atoms with Crippen molar-refractivity contribution in [3.63, 3.8) is 0 Å². The maximum atomic E-state index is 13.7. The third-order valence-corrected chi connectivity index (χ3v) is 9.18. The molecule has 2 heterocycles. The third-order valence-electron chi connectivity index (χ3n) is 8.14. The fourth-order valence-corrected chi connectivity index (χ4v) is 6.71. The minimum Gasteiger partial charge on any atom is -0.350 e. The average Bonchev–Trinajstić information content (AvgIpc) is 3.36. The Morgan fingerprint density at radius 2 is 1.90 bits per heavy atom. The Hall–Kier alpha value is -2.78. The van der Waals surface area contributed by atoms with Gasteiger partial charge in [-0.3, -0.25) is 14.4 Å². The summed E-state index contributed by atoms with van der Waals surface area (Å²) in [7, 11) is 2.02. The Kier molecular flexibility index (Phi) is 10.7. The van der Waals surface area contributed by atoms with E-state index in [0.717, 1.165) is 59.4 Å². The van der Waals surface area contributed by atoms with Crippen molar-refractivity contribution in [1.82, 2.24) is 25.8 Å². The van der Waals surface area contributed by atoms with Gasteiger partial charge in [0.05, 0.1) is 15.2 Å². The van der Waals surface area contributed by atoms with Gasteiger partial charge in [-0.25, -0.2) is 4.98 Å². The van der Waals surface area contributed by atoms with Crippen molar-refractivity contribution in [2.75, 3.05) is 26.7 Å². The van der Waals surface area contributed by atoms with Gasteiger partial charge in [0.15, 0.2) is 0 Å². The lowest BCUT2D eigenvalue weighted by molar-refractivity contribution is -0.129. The first-order valence-electron chi connectivity index (χ1n) is 14.9. The zero-order valence-electron chi connectivity index (χ0n) is 24.4. The molecule has 9 heteroatoms. The highest BCUT2D eigenvalue weighted by Gasteiger charge is 2.30. The van der Waals surface area contributed by atoms with Crippen molar-refractivity contribution in [1.29, 1.82) is 0 Å². The summed E-state index contributed by atoms with van der Waals surface area (Å²) in [6, 6.07) is 5.38. The molecule has 1 fully saturated rings. The van der Waals surface area contributed by atoms with E-state index in [0.29, 0.717) is 37.8 Å². The number of nitrogens with one attached hydrogen (secondary N) is 3. The second-order valence-corrected chi connectivity index (χ2v) is 12.8. The van der Waals surface area contributed by atoms with Crippen LogP contribution in [0.2, 0.25) is 0 Å². The molecular weight excluding hydrogens is 522 g/mol. The Morgan fingerprint density at radius 3 is 2.60 bits per heavy atom. The van der Waals surface area contributed by atoms with E-state index in [1.165, 1.54) is 12.0 Å². The smallest absolute Gasteiger partial charge is 0.248 e. The molecular formula is C31H45N5O3S. The number of nitrogens with zero attached hydrogens (tertiary/aromatic N) is 2. The van der Waals surface area contributed by atoms with Crippen LogP contribution in [-0.4, -0.2) is 66.4 Å². The van der Waals surface area contributed by atoms with Crippen LogP contribution in [0.15, 0.2) is 29.8 Å². The fourth-order valence-electron chi connectivity index (χ4n) is 5.65. The Bertz CT molecular complexity index is 1220. The van der Waals surface area contributed by atoms with Crippen molar-refractivity contribution in [2.45, 2.75) is 90.1 Å². The maximum absolute atomic E-state index is 13.7. The molecule has 1 aromatic heterocycles. The van der Waals surface area contributed by atoms with Crippen molar-refractivity contribution in [2.24, 2.45) is 5.92 Å². The fraction of sp³-hybridized carbons (Fsp3) is 0.613. The van der Waals surface area contributed by atoms with E-state index in [9.17, 15) is 14.4 Å². The summed E-state index contributed by atoms with van der Waals surface area (Å²) in [5, 5.41) is 10.1. The standard InChI is InChI=1S/C31H45N5O3S/c1-5-28(37)33-25(17-29-34-24-14-13-22(20(2)3)16-27(24)40-29)31(39)35-26(21-10-7-6-8-11-21)18-32-30(38)23-12-9-15-36(4)19-23/h12-14,16,20-21,25-26H,5-11,15,17-19H2,1-4H3,(H,32,38)(H,33,37)(H,35,39)/t25-,26+/m0/s1. The van der Waals surface area contributed by atoms with Gasteiger partial charge in [0, 0.05) is 44.1 Å². The molecule has 40 heavy (non-hydrogen) atoms. The second-order valence-electron chi connectivity index (χ2n) is 11.6. The van der Waals surface area contributed by atoms with Gasteiger partial charge in [0.25, 0.3) is 0 Å². The van der Waals surface area contributed by atoms with Gasteiger partial charge in [-0.2, -0.15) is 0 Å². The molecule has 1 aliphatic heterocycles. The molecule has 1 aliphatic carbocycles. The summed E-state index contributed by atoms with van der Waals surface area (Å²) < 4.78 is 1.09. The van der Waals surface area contributed by atoms with Gasteiger partial charge >= 0.3 is 0 Å². The quantitative estimate of drug-likeness (QED) is 0.376. The van der Waals surface area contributed by atoms with E-state index < -0.39 is 6.04 Å². The van der Waals surface area contributed by atoms with Crippen molar-refractivity contribution in [3.8, 4) is 0 Å². The topological polar surface area (TPSA) is 103 Å². The number of thiazole rings is 1. The molecule has 4 rings (SSSR count). The summed E-state index contributed by atoms with van der Waals surface area (Å²) in [4.78, 5) is 46.0. The molecule has 0 spiro atoms. The lowest BCUT2D eigenvalue weighted by atomic mass is 9.83. The number of amides is 3. The number of hydrogen-bond donors (Lipinski definition) is 3. The highest BCUT2D eigenvalue weighted by molar-refractivity contribution is 7.18. The van der Waals surface area contributed by atoms with Crippen LogP contribution in [0.5, 0.6) is 0 Å². The summed E-state index contributed by atoms with van der Waals surface area (Å²) in [6.07, 6.45) is 9.01. The van der Waals surface area contributed by atoms with Crippen LogP contribution in [0, 0.1) is 5.92 Å². The van der Waals surface area contributed by atoms with Gasteiger partial charge in [-0.1, -0.05) is 52.2 Å². The Morgan fingerprint density at radius 1 is 1.12 bits per heavy atom. The molecule has 0 unspecified atom stereocenters. The number of aromatic nitrogens is 1. The molecule has 2 atom stereocenters. The highest BCUT2D eigenvalue weighted by atomic mass is 32.1. The van der Waals surface area contributed by atoms with E-state index in [4.69, 9.17) is 4.98 Å². The second kappa shape index (κ2) is 14.2. The molecule has 218 valence electrons. The number of rotatable bonds is 11. The zero-order chi connectivity index (χ0) is 28.6. The first-order valence-corrected chi connectivity index (χ1v) is 15.7. The van der Waals surface area contributed by atoms with Crippen molar-refractivity contribution in [3.05, 3.63) is 40.4 Å². The molecule has 0 bridgehead atoms. The monoisotopic (exact) mass is 567 g/mol. The summed E-state index contributed by atoms with van der Waals surface area (Å²) >= 11 is 1.58. The highest BCUT2D eigenvalue weighted by Crippen LogP contribution is 2.28. The molecule has 3 amide bonds. The molecule has 2 aromatic rings. The van der Waals surface area contributed by atoms with Crippen LogP contribution in [0.4, 0.5) is 0 Å². The molecule has 2 aliphatic rings. The normalized spacial score (nSPS) is 18.3. The minimum atomic E-state index is -0.728. The number of hydrogen-bond acceptors (Lipinski definition) is 6. The number of benzene rings is 1. The van der Waals surface area contributed by atoms with E-state index in [2.05, 4.69) is 46.8 Å². The summed E-state index contributed by atoms with van der Waals surface area (Å²) in [6.45, 7) is 8.09. The van der Waals surface area contributed by atoms with Gasteiger partial charge in [-0.05, 0) is 55.8 Å². The summed E-state index contributed by atoms with van der Waals surface area (Å²) in [5.74, 6) is 0.266. The van der Waals surface area contributed by atoms with Crippen LogP contribution in [0.25, 0.3) is 10.2 Å². The number of carbonyl (C=O) groups excluding carboxylic acids is 3. The number of carbonyl (C=O) groups is 3. The van der Waals surface area contributed by atoms with Crippen molar-refractivity contribution >= 4 is 39.3 Å². The lowest BCUT2D eigenvalue weighted by Crippen LogP contribution is -2.55. The van der Waals surface area contributed by atoms with Crippen LogP contribution in [0.3, 0.4) is 0 Å². The Labute approximate surface area is 242 Å². The largest absolute Gasteiger partial charge is 0.350 e. The Balaban J connectivity index is 1.48. The zero-order valence-corrected chi connectivity index (χ0v) is 25.2. The molecule has 3 N–H and O–H groups in total. The SMILES string of the molecule is CCC(=O)N[C@@H](Cc1nc2ccc(C(C)C)cc2s1)C(=O)N[C@H](CNC(=O)C1=CCCN(C)C1)C1CCCCC1. The first kappa shape index (κ1) is 30.2. The predicted molar refractivity (Wildman–Crippen MR) is 161 cm³/mol. The molecule has 0 saturated heterocycles. The maximum Gasteiger partial charge on any atom is 0.248 e. The van der Waals surface area contributed by atoms with Crippen LogP contribution in [0.1, 0.15) is 82.2 Å². The molecule has 8 nitrogen and oxygen atoms in total. The van der Waals surface area contributed by atoms with E-state index in [1.54, 1.807) is 18.3 Å². The van der Waals surface area contributed by atoms with E-state index >= 15 is 0 Å². The van der Waals surface area contributed by atoms with Gasteiger partial charge in [0.2, 0.25) is 17.7 Å². The van der Waals surface area contributed by atoms with Gasteiger partial charge < -0.3 is 20.9 Å². The number of likely N-dealkylation sites (N-methyl/N-ethyl adjacent to an activating group) is 1. The minimum absolute atomic E-state index is 0.0623.